The number of pyridine rings is 1. The van der Waals surface area contributed by atoms with Gasteiger partial charge in [-0.2, -0.15) is 0 Å². The number of hydrogen-bond acceptors (Lipinski definition) is 5. The lowest BCUT2D eigenvalue weighted by atomic mass is 10.1. The SMILES string of the molecule is O=c1[nH]c(=S)[nH]c2c1CN(Cc1cccnc1OCC1CC1)CC2. The highest BCUT2D eigenvalue weighted by molar-refractivity contribution is 7.71. The summed E-state index contributed by atoms with van der Waals surface area (Å²) in [6.07, 6.45) is 5.08. The highest BCUT2D eigenvalue weighted by Gasteiger charge is 2.24. The zero-order valence-electron chi connectivity index (χ0n) is 13.4. The van der Waals surface area contributed by atoms with E-state index >= 15 is 0 Å². The summed E-state index contributed by atoms with van der Waals surface area (Å²) in [5.41, 5.74) is 2.72. The molecule has 0 atom stereocenters. The zero-order chi connectivity index (χ0) is 16.5. The molecule has 0 saturated heterocycles. The Morgan fingerprint density at radius 2 is 2.25 bits per heavy atom. The Morgan fingerprint density at radius 1 is 1.38 bits per heavy atom. The van der Waals surface area contributed by atoms with Crippen molar-refractivity contribution in [2.75, 3.05) is 13.2 Å². The van der Waals surface area contributed by atoms with Gasteiger partial charge in [-0.25, -0.2) is 4.98 Å². The third-order valence-corrected chi connectivity index (χ3v) is 4.79. The molecule has 2 aromatic heterocycles. The molecule has 0 aromatic carbocycles. The molecule has 0 amide bonds. The average Bonchev–Trinajstić information content (AvgIpc) is 3.39. The second-order valence-corrected chi connectivity index (χ2v) is 6.96. The fourth-order valence-electron chi connectivity index (χ4n) is 3.04. The lowest BCUT2D eigenvalue weighted by molar-refractivity contribution is 0.230. The number of H-pyrrole nitrogens is 2. The van der Waals surface area contributed by atoms with Crippen molar-refractivity contribution in [3.8, 4) is 5.88 Å². The third-order valence-electron chi connectivity index (χ3n) is 4.59. The maximum Gasteiger partial charge on any atom is 0.256 e. The van der Waals surface area contributed by atoms with Crippen LogP contribution >= 0.6 is 12.2 Å². The van der Waals surface area contributed by atoms with Gasteiger partial charge in [-0.1, -0.05) is 6.07 Å². The molecular formula is C17H20N4O2S. The van der Waals surface area contributed by atoms with Gasteiger partial charge in [0.1, 0.15) is 0 Å². The minimum atomic E-state index is -0.0881. The molecule has 0 bridgehead atoms. The Morgan fingerprint density at radius 3 is 3.08 bits per heavy atom. The van der Waals surface area contributed by atoms with Crippen molar-refractivity contribution in [1.82, 2.24) is 19.9 Å². The van der Waals surface area contributed by atoms with Gasteiger partial charge < -0.3 is 9.72 Å². The predicted molar refractivity (Wildman–Crippen MR) is 92.5 cm³/mol. The Labute approximate surface area is 144 Å². The second-order valence-electron chi connectivity index (χ2n) is 6.55. The van der Waals surface area contributed by atoms with E-state index in [-0.39, 0.29) is 5.56 Å². The summed E-state index contributed by atoms with van der Waals surface area (Å²) in [6.45, 7) is 2.96. The van der Waals surface area contributed by atoms with Gasteiger partial charge in [-0.05, 0) is 37.0 Å². The molecule has 4 rings (SSSR count). The standard InChI is InChI=1S/C17H20N4O2S/c22-15-13-9-21(7-5-14(13)19-17(24)20-15)8-12-2-1-6-18-16(12)23-10-11-3-4-11/h1-2,6,11H,3-5,7-10H2,(H2,19,20,22,24). The topological polar surface area (TPSA) is 74.0 Å². The number of aromatic nitrogens is 3. The quantitative estimate of drug-likeness (QED) is 0.813. The smallest absolute Gasteiger partial charge is 0.256 e. The van der Waals surface area contributed by atoms with Crippen LogP contribution in [0.1, 0.15) is 29.7 Å². The summed E-state index contributed by atoms with van der Waals surface area (Å²) >= 11 is 5.04. The maximum atomic E-state index is 12.1. The number of ether oxygens (including phenoxy) is 1. The van der Waals surface area contributed by atoms with Crippen LogP contribution in [0.4, 0.5) is 0 Å². The molecule has 126 valence electrons. The van der Waals surface area contributed by atoms with Gasteiger partial charge in [0.2, 0.25) is 5.88 Å². The fraction of sp³-hybridized carbons (Fsp3) is 0.471. The van der Waals surface area contributed by atoms with Gasteiger partial charge in [-0.3, -0.25) is 14.7 Å². The van der Waals surface area contributed by atoms with Gasteiger partial charge >= 0.3 is 0 Å². The Hall–Kier alpha value is -1.99. The first-order valence-electron chi connectivity index (χ1n) is 8.32. The Bertz CT molecular complexity index is 856. The molecule has 2 aliphatic rings. The highest BCUT2D eigenvalue weighted by Crippen LogP contribution is 2.30. The van der Waals surface area contributed by atoms with E-state index in [9.17, 15) is 4.79 Å². The molecule has 0 unspecified atom stereocenters. The molecule has 6 nitrogen and oxygen atoms in total. The van der Waals surface area contributed by atoms with Crippen LogP contribution in [0.15, 0.2) is 23.1 Å². The molecule has 1 aliphatic heterocycles. The van der Waals surface area contributed by atoms with E-state index in [2.05, 4.69) is 19.9 Å². The van der Waals surface area contributed by atoms with Crippen LogP contribution in [0.3, 0.4) is 0 Å². The van der Waals surface area contributed by atoms with Crippen LogP contribution in [0, 0.1) is 10.7 Å². The minimum Gasteiger partial charge on any atom is -0.477 e. The number of aromatic amines is 2. The number of nitrogens with zero attached hydrogens (tertiary/aromatic N) is 2. The molecule has 7 heteroatoms. The van der Waals surface area contributed by atoms with Crippen molar-refractivity contribution < 1.29 is 4.74 Å². The lowest BCUT2D eigenvalue weighted by Crippen LogP contribution is -2.35. The van der Waals surface area contributed by atoms with Gasteiger partial charge in [0.15, 0.2) is 4.77 Å². The third kappa shape index (κ3) is 3.42. The zero-order valence-corrected chi connectivity index (χ0v) is 14.2. The molecule has 2 N–H and O–H groups in total. The fourth-order valence-corrected chi connectivity index (χ4v) is 3.26. The Kier molecular flexibility index (Phi) is 4.20. The van der Waals surface area contributed by atoms with E-state index < -0.39 is 0 Å². The van der Waals surface area contributed by atoms with E-state index in [1.54, 1.807) is 6.20 Å². The van der Waals surface area contributed by atoms with Gasteiger partial charge in [0, 0.05) is 43.5 Å². The summed E-state index contributed by atoms with van der Waals surface area (Å²) in [7, 11) is 0. The molecular weight excluding hydrogens is 324 g/mol. The molecule has 3 heterocycles. The van der Waals surface area contributed by atoms with Crippen molar-refractivity contribution in [2.45, 2.75) is 32.4 Å². The van der Waals surface area contributed by atoms with Gasteiger partial charge in [-0.15, -0.1) is 0 Å². The van der Waals surface area contributed by atoms with Gasteiger partial charge in [0.05, 0.1) is 12.2 Å². The van der Waals surface area contributed by atoms with Crippen LogP contribution in [0.25, 0.3) is 0 Å². The van der Waals surface area contributed by atoms with E-state index in [1.807, 2.05) is 12.1 Å². The molecule has 24 heavy (non-hydrogen) atoms. The summed E-state index contributed by atoms with van der Waals surface area (Å²) < 4.78 is 6.28. The largest absolute Gasteiger partial charge is 0.477 e. The van der Waals surface area contributed by atoms with Crippen molar-refractivity contribution in [2.24, 2.45) is 5.92 Å². The Balaban J connectivity index is 1.50. The number of fused-ring (bicyclic) bond motifs is 1. The monoisotopic (exact) mass is 344 g/mol. The van der Waals surface area contributed by atoms with Crippen LogP contribution in [0.5, 0.6) is 5.88 Å². The maximum absolute atomic E-state index is 12.1. The number of nitrogens with one attached hydrogen (secondary N) is 2. The number of hydrogen-bond donors (Lipinski definition) is 2. The van der Waals surface area contributed by atoms with Gasteiger partial charge in [0.25, 0.3) is 5.56 Å². The molecule has 1 fully saturated rings. The number of rotatable bonds is 5. The van der Waals surface area contributed by atoms with Crippen molar-refractivity contribution in [3.05, 3.63) is 50.3 Å². The molecule has 1 saturated carbocycles. The van der Waals surface area contributed by atoms with Crippen molar-refractivity contribution in [3.63, 3.8) is 0 Å². The summed E-state index contributed by atoms with van der Waals surface area (Å²) in [5.74, 6) is 1.42. The van der Waals surface area contributed by atoms with Crippen LogP contribution in [-0.4, -0.2) is 33.0 Å². The van der Waals surface area contributed by atoms with Crippen LogP contribution in [-0.2, 0) is 19.5 Å². The highest BCUT2D eigenvalue weighted by atomic mass is 32.1. The van der Waals surface area contributed by atoms with E-state index in [1.165, 1.54) is 12.8 Å². The molecule has 1 aliphatic carbocycles. The van der Waals surface area contributed by atoms with Crippen molar-refractivity contribution in [1.29, 1.82) is 0 Å². The first-order chi connectivity index (χ1) is 11.7. The van der Waals surface area contributed by atoms with Crippen LogP contribution in [0.2, 0.25) is 0 Å². The summed E-state index contributed by atoms with van der Waals surface area (Å²) in [6, 6.07) is 3.98. The van der Waals surface area contributed by atoms with E-state index in [0.717, 1.165) is 48.8 Å². The summed E-state index contributed by atoms with van der Waals surface area (Å²) in [4.78, 5) is 24.5. The normalized spacial score (nSPS) is 17.5. The molecule has 2 aromatic rings. The van der Waals surface area contributed by atoms with Crippen molar-refractivity contribution >= 4 is 12.2 Å². The van der Waals surface area contributed by atoms with Crippen LogP contribution < -0.4 is 10.3 Å². The lowest BCUT2D eigenvalue weighted by Gasteiger charge is -2.28. The minimum absolute atomic E-state index is 0.0881. The average molecular weight is 344 g/mol. The molecule has 0 radical (unpaired) electrons. The predicted octanol–water partition coefficient (Wildman–Crippen LogP) is 2.17. The van der Waals surface area contributed by atoms with E-state index in [0.29, 0.717) is 17.2 Å². The first kappa shape index (κ1) is 15.5. The van der Waals surface area contributed by atoms with E-state index in [4.69, 9.17) is 17.0 Å². The molecule has 0 spiro atoms. The first-order valence-corrected chi connectivity index (χ1v) is 8.73. The summed E-state index contributed by atoms with van der Waals surface area (Å²) in [5, 5.41) is 0. The second kappa shape index (κ2) is 6.49.